The molecule has 9 nitrogen and oxygen atoms in total. The van der Waals surface area contributed by atoms with Crippen molar-refractivity contribution in [1.29, 1.82) is 0 Å². The van der Waals surface area contributed by atoms with E-state index >= 15 is 0 Å². The maximum atomic E-state index is 13.2. The summed E-state index contributed by atoms with van der Waals surface area (Å²) in [6, 6.07) is 3.69. The lowest BCUT2D eigenvalue weighted by Gasteiger charge is -2.20. The maximum absolute atomic E-state index is 13.2. The molecule has 0 unspecified atom stereocenters. The van der Waals surface area contributed by atoms with Crippen LogP contribution in [0.5, 0.6) is 17.2 Å². The van der Waals surface area contributed by atoms with E-state index in [9.17, 15) is 9.59 Å². The molecule has 0 spiro atoms. The molecule has 3 heterocycles. The van der Waals surface area contributed by atoms with E-state index in [-0.39, 0.29) is 24.9 Å². The molecule has 0 fully saturated rings. The van der Waals surface area contributed by atoms with Crippen molar-refractivity contribution in [3.8, 4) is 17.2 Å². The van der Waals surface area contributed by atoms with Gasteiger partial charge in [-0.25, -0.2) is 4.98 Å². The fourth-order valence-corrected chi connectivity index (χ4v) is 6.40. The van der Waals surface area contributed by atoms with E-state index in [1.54, 1.807) is 49.1 Å². The van der Waals surface area contributed by atoms with Crippen molar-refractivity contribution in [2.75, 3.05) is 44.6 Å². The number of amides is 2. The van der Waals surface area contributed by atoms with E-state index in [2.05, 4.69) is 10.3 Å². The van der Waals surface area contributed by atoms with E-state index in [4.69, 9.17) is 19.2 Å². The van der Waals surface area contributed by atoms with Crippen molar-refractivity contribution in [1.82, 2.24) is 4.98 Å². The summed E-state index contributed by atoms with van der Waals surface area (Å²) in [4.78, 5) is 37.6. The second-order valence-corrected chi connectivity index (χ2v) is 9.96. The molecule has 0 bridgehead atoms. The zero-order chi connectivity index (χ0) is 24.5. The highest BCUT2D eigenvalue weighted by atomic mass is 32.1. The van der Waals surface area contributed by atoms with Crippen LogP contribution in [0.25, 0.3) is 0 Å². The van der Waals surface area contributed by atoms with E-state index in [0.717, 1.165) is 35.4 Å². The first kappa shape index (κ1) is 23.3. The van der Waals surface area contributed by atoms with Gasteiger partial charge in [-0.05, 0) is 37.0 Å². The predicted octanol–water partition coefficient (Wildman–Crippen LogP) is 3.54. The van der Waals surface area contributed by atoms with Crippen molar-refractivity contribution in [3.63, 3.8) is 0 Å². The number of fused-ring (bicyclic) bond motifs is 3. The van der Waals surface area contributed by atoms with Crippen LogP contribution in [0.4, 0.5) is 10.1 Å². The smallest absolute Gasteiger partial charge is 0.249 e. The Labute approximate surface area is 210 Å². The molecule has 11 heteroatoms. The molecule has 35 heavy (non-hydrogen) atoms. The number of hydrogen-bond donors (Lipinski definition) is 1. The molecule has 0 atom stereocenters. The van der Waals surface area contributed by atoms with Gasteiger partial charge in [0.05, 0.1) is 27.0 Å². The molecule has 2 aliphatic rings. The van der Waals surface area contributed by atoms with Crippen molar-refractivity contribution >= 4 is 50.3 Å². The van der Waals surface area contributed by atoms with Gasteiger partial charge < -0.3 is 19.5 Å². The van der Waals surface area contributed by atoms with Crippen LogP contribution in [0.1, 0.15) is 28.0 Å². The number of carbonyl (C=O) groups excluding carboxylic acids is 2. The third-order valence-corrected chi connectivity index (χ3v) is 7.98. The zero-order valence-corrected chi connectivity index (χ0v) is 21.2. The third-order valence-electron chi connectivity index (χ3n) is 5.98. The number of carbonyl (C=O) groups is 2. The molecule has 2 amide bonds. The first-order valence-corrected chi connectivity index (χ1v) is 12.7. The molecular weight excluding hydrogens is 488 g/mol. The van der Waals surface area contributed by atoms with Gasteiger partial charge in [0, 0.05) is 27.6 Å². The number of rotatable bonds is 7. The molecule has 0 radical (unpaired) electrons. The van der Waals surface area contributed by atoms with E-state index in [1.165, 1.54) is 21.8 Å². The van der Waals surface area contributed by atoms with Gasteiger partial charge in [0.25, 0.3) is 0 Å². The number of anilines is 2. The van der Waals surface area contributed by atoms with Gasteiger partial charge in [-0.1, -0.05) is 0 Å². The number of aliphatic imine (C=N–C) groups is 1. The third kappa shape index (κ3) is 4.25. The van der Waals surface area contributed by atoms with Gasteiger partial charge in [0.2, 0.25) is 17.6 Å². The van der Waals surface area contributed by atoms with Crippen LogP contribution in [0.2, 0.25) is 0 Å². The molecule has 1 aliphatic heterocycles. The second-order valence-electron chi connectivity index (χ2n) is 7.98. The topological polar surface area (TPSA) is 102 Å². The molecule has 1 aromatic carbocycles. The summed E-state index contributed by atoms with van der Waals surface area (Å²) in [7, 11) is 4.69. The second kappa shape index (κ2) is 9.67. The van der Waals surface area contributed by atoms with Gasteiger partial charge in [-0.3, -0.25) is 19.5 Å². The molecule has 5 rings (SSSR count). The summed E-state index contributed by atoms with van der Waals surface area (Å²) in [5, 5.41) is 5.80. The Kier molecular flexibility index (Phi) is 6.44. The summed E-state index contributed by atoms with van der Waals surface area (Å²) in [5.74, 6) is 0.966. The number of benzene rings is 1. The van der Waals surface area contributed by atoms with E-state index in [1.807, 2.05) is 12.1 Å². The molecule has 1 N–H and O–H groups in total. The summed E-state index contributed by atoms with van der Waals surface area (Å²) < 4.78 is 16.6. The van der Waals surface area contributed by atoms with Crippen molar-refractivity contribution < 1.29 is 23.8 Å². The molecule has 182 valence electrons. The van der Waals surface area contributed by atoms with Crippen LogP contribution >= 0.6 is 22.7 Å². The Balaban J connectivity index is 1.58. The number of nitrogens with one attached hydrogen (secondary N) is 1. The minimum atomic E-state index is -0.302. The fraction of sp³-hybridized carbons (Fsp3) is 0.333. The Hall–Kier alpha value is -3.44. The first-order valence-electron chi connectivity index (χ1n) is 11.0. The zero-order valence-electron chi connectivity index (χ0n) is 19.5. The largest absolute Gasteiger partial charge is 0.493 e. The highest BCUT2D eigenvalue weighted by molar-refractivity contribution is 7.17. The number of nitrogens with zero attached hydrogens (tertiary/aromatic N) is 3. The average molecular weight is 513 g/mol. The van der Waals surface area contributed by atoms with Crippen LogP contribution in [-0.2, 0) is 22.4 Å². The minimum Gasteiger partial charge on any atom is -0.493 e. The van der Waals surface area contributed by atoms with Gasteiger partial charge in [0.1, 0.15) is 18.1 Å². The maximum Gasteiger partial charge on any atom is 0.249 e. The van der Waals surface area contributed by atoms with Gasteiger partial charge in [-0.2, -0.15) is 0 Å². The van der Waals surface area contributed by atoms with Crippen LogP contribution < -0.4 is 24.4 Å². The summed E-state index contributed by atoms with van der Waals surface area (Å²) in [6.45, 7) is -0.185. The number of aryl methyl sites for hydroxylation is 1. The van der Waals surface area contributed by atoms with Crippen molar-refractivity contribution in [2.45, 2.75) is 19.3 Å². The predicted molar refractivity (Wildman–Crippen MR) is 136 cm³/mol. The Bertz CT molecular complexity index is 1290. The quantitative estimate of drug-likeness (QED) is 0.520. The Morgan fingerprint density at radius 3 is 2.57 bits per heavy atom. The molecule has 0 saturated heterocycles. The number of ether oxygens (including phenoxy) is 3. The van der Waals surface area contributed by atoms with Gasteiger partial charge in [-0.15, -0.1) is 22.7 Å². The molecule has 0 saturated carbocycles. The van der Waals surface area contributed by atoms with Gasteiger partial charge in [0.15, 0.2) is 16.6 Å². The van der Waals surface area contributed by atoms with Crippen LogP contribution in [0.3, 0.4) is 0 Å². The van der Waals surface area contributed by atoms with Crippen LogP contribution in [0.15, 0.2) is 28.7 Å². The Morgan fingerprint density at radius 2 is 1.91 bits per heavy atom. The number of aromatic nitrogens is 1. The lowest BCUT2D eigenvalue weighted by Crippen LogP contribution is -2.38. The number of thiazole rings is 1. The van der Waals surface area contributed by atoms with Crippen LogP contribution in [0, 0.1) is 0 Å². The fourth-order valence-electron chi connectivity index (χ4n) is 4.45. The van der Waals surface area contributed by atoms with E-state index < -0.39 is 0 Å². The number of hydrogen-bond acceptors (Lipinski definition) is 9. The van der Waals surface area contributed by atoms with Crippen molar-refractivity contribution in [2.24, 2.45) is 4.99 Å². The number of thiophene rings is 1. The minimum absolute atomic E-state index is 0.0767. The SMILES string of the molecule is COc1cc(C2=NCC(=O)N(CC(=O)Nc3nccs3)c3sc4c(c32)CCC4)cc(OC)c1OC. The lowest BCUT2D eigenvalue weighted by molar-refractivity contribution is -0.120. The summed E-state index contributed by atoms with van der Waals surface area (Å²) in [6.07, 6.45) is 4.52. The molecule has 2 aromatic heterocycles. The summed E-state index contributed by atoms with van der Waals surface area (Å²) in [5.41, 5.74) is 3.55. The highest BCUT2D eigenvalue weighted by Crippen LogP contribution is 2.45. The lowest BCUT2D eigenvalue weighted by atomic mass is 9.98. The normalized spacial score (nSPS) is 14.7. The standard InChI is InChI=1S/C24H24N4O5S2/c1-31-15-9-13(10-16(32-2)22(15)33-3)21-20-14-5-4-6-17(14)35-23(20)28(19(30)11-26-21)12-18(29)27-24-25-7-8-34-24/h7-10H,4-6,11-12H2,1-3H3,(H,25,27,29). The van der Waals surface area contributed by atoms with Crippen LogP contribution in [-0.4, -0.2) is 56.9 Å². The average Bonchev–Trinajstić information content (AvgIpc) is 3.59. The monoisotopic (exact) mass is 512 g/mol. The number of methoxy groups -OCH3 is 3. The molecule has 3 aromatic rings. The highest BCUT2D eigenvalue weighted by Gasteiger charge is 2.34. The van der Waals surface area contributed by atoms with E-state index in [0.29, 0.717) is 28.1 Å². The molecule has 1 aliphatic carbocycles. The summed E-state index contributed by atoms with van der Waals surface area (Å²) >= 11 is 2.90. The first-order chi connectivity index (χ1) is 17.0. The molecular formula is C24H24N4O5S2. The van der Waals surface area contributed by atoms with Gasteiger partial charge >= 0.3 is 0 Å². The Morgan fingerprint density at radius 1 is 1.14 bits per heavy atom. The van der Waals surface area contributed by atoms with Crippen molar-refractivity contribution in [3.05, 3.63) is 45.3 Å².